The number of hydrogen-bond donors (Lipinski definition) is 0. The highest BCUT2D eigenvalue weighted by atomic mass is 15.3. The quantitative estimate of drug-likeness (QED) is 0.159. The van der Waals surface area contributed by atoms with Gasteiger partial charge in [0, 0.05) is 50.8 Å². The highest BCUT2D eigenvalue weighted by Crippen LogP contribution is 2.61. The fraction of sp³-hybridized carbons (Fsp3) is 0.292. The molecule has 2 aliphatic carbocycles. The molecule has 0 bridgehead atoms. The summed E-state index contributed by atoms with van der Waals surface area (Å²) in [5.41, 5.74) is 24.6. The van der Waals surface area contributed by atoms with Gasteiger partial charge < -0.3 is 14.7 Å². The molecule has 3 nitrogen and oxygen atoms in total. The van der Waals surface area contributed by atoms with Crippen molar-refractivity contribution in [3.8, 4) is 11.1 Å². The third-order valence-corrected chi connectivity index (χ3v) is 17.0. The lowest BCUT2D eigenvalue weighted by Crippen LogP contribution is -2.61. The Morgan fingerprint density at radius 3 is 1.93 bits per heavy atom. The predicted molar refractivity (Wildman–Crippen MR) is 297 cm³/mol. The van der Waals surface area contributed by atoms with Gasteiger partial charge in [0.1, 0.15) is 0 Å². The van der Waals surface area contributed by atoms with E-state index in [9.17, 15) is 0 Å². The topological polar surface area (TPSA) is 9.72 Å². The van der Waals surface area contributed by atoms with Crippen LogP contribution in [0.15, 0.2) is 164 Å². The van der Waals surface area contributed by atoms with Crippen LogP contribution in [0.3, 0.4) is 0 Å². The molecule has 7 aromatic rings. The maximum Gasteiger partial charge on any atom is 0.252 e. The van der Waals surface area contributed by atoms with Crippen molar-refractivity contribution in [3.05, 3.63) is 192 Å². The van der Waals surface area contributed by atoms with Crippen LogP contribution in [0.4, 0.5) is 45.5 Å². The maximum atomic E-state index is 2.78. The van der Waals surface area contributed by atoms with Crippen molar-refractivity contribution in [3.63, 3.8) is 0 Å². The number of hydrogen-bond acceptors (Lipinski definition) is 3. The van der Waals surface area contributed by atoms with Crippen molar-refractivity contribution in [1.82, 2.24) is 0 Å². The Bertz CT molecular complexity index is 3250. The first-order valence-electron chi connectivity index (χ1n) is 25.7. The highest BCUT2D eigenvalue weighted by Gasteiger charge is 2.58. The molecule has 2 atom stereocenters. The summed E-state index contributed by atoms with van der Waals surface area (Å²) in [5.74, 6) is 0. The van der Waals surface area contributed by atoms with Crippen LogP contribution in [0.5, 0.6) is 0 Å². The smallest absolute Gasteiger partial charge is 0.252 e. The second-order valence-electron chi connectivity index (χ2n) is 23.3. The van der Waals surface area contributed by atoms with Gasteiger partial charge in [0.2, 0.25) is 0 Å². The fourth-order valence-electron chi connectivity index (χ4n) is 13.0. The van der Waals surface area contributed by atoms with E-state index in [-0.39, 0.29) is 28.5 Å². The van der Waals surface area contributed by atoms with Crippen molar-refractivity contribution in [2.24, 2.45) is 0 Å². The number of anilines is 8. The van der Waals surface area contributed by atoms with Crippen LogP contribution in [0.25, 0.3) is 16.7 Å². The number of allylic oxidation sites excluding steroid dienone is 4. The zero-order valence-electron chi connectivity index (χ0n) is 42.3. The summed E-state index contributed by atoms with van der Waals surface area (Å²) in [4.78, 5) is 7.98. The van der Waals surface area contributed by atoms with Crippen LogP contribution in [0.1, 0.15) is 122 Å². The Kier molecular flexibility index (Phi) is 9.99. The van der Waals surface area contributed by atoms with Gasteiger partial charge in [-0.15, -0.1) is 0 Å². The number of aryl methyl sites for hydroxylation is 1. The normalized spacial score (nSPS) is 20.2. The lowest BCUT2D eigenvalue weighted by Gasteiger charge is -2.50. The number of nitrogens with zero attached hydrogens (tertiary/aromatic N) is 3. The van der Waals surface area contributed by atoms with E-state index in [2.05, 4.69) is 241 Å². The Balaban J connectivity index is 1.10. The van der Waals surface area contributed by atoms with E-state index >= 15 is 0 Å². The van der Waals surface area contributed by atoms with Gasteiger partial charge >= 0.3 is 0 Å². The fourth-order valence-corrected chi connectivity index (χ4v) is 13.0. The minimum absolute atomic E-state index is 0.00146. The van der Waals surface area contributed by atoms with Gasteiger partial charge in [0.05, 0.1) is 11.2 Å². The second kappa shape index (κ2) is 15.8. The molecule has 1 fully saturated rings. The molecule has 69 heavy (non-hydrogen) atoms. The van der Waals surface area contributed by atoms with E-state index in [1.807, 2.05) is 0 Å². The molecule has 3 heterocycles. The minimum Gasteiger partial charge on any atom is -0.334 e. The van der Waals surface area contributed by atoms with E-state index in [4.69, 9.17) is 0 Å². The molecule has 0 amide bonds. The van der Waals surface area contributed by atoms with Crippen LogP contribution < -0.4 is 31.1 Å². The molecule has 344 valence electrons. The molecular weight excluding hydrogens is 834 g/mol. The highest BCUT2D eigenvalue weighted by molar-refractivity contribution is 7.00. The van der Waals surface area contributed by atoms with Crippen molar-refractivity contribution >= 4 is 74.2 Å². The van der Waals surface area contributed by atoms with E-state index in [0.717, 1.165) is 19.3 Å². The number of rotatable bonds is 5. The monoisotopic (exact) mass is 900 g/mol. The zero-order valence-corrected chi connectivity index (χ0v) is 42.3. The van der Waals surface area contributed by atoms with Gasteiger partial charge in [0.15, 0.2) is 0 Å². The summed E-state index contributed by atoms with van der Waals surface area (Å²) in [5, 5.41) is 0. The summed E-state index contributed by atoms with van der Waals surface area (Å²) < 4.78 is 0. The van der Waals surface area contributed by atoms with Crippen LogP contribution >= 0.6 is 0 Å². The van der Waals surface area contributed by atoms with Gasteiger partial charge in [-0.1, -0.05) is 158 Å². The molecule has 0 aromatic heterocycles. The van der Waals surface area contributed by atoms with Crippen LogP contribution in [0, 0.1) is 6.92 Å². The third kappa shape index (κ3) is 6.75. The Hall–Kier alpha value is -6.52. The second-order valence-corrected chi connectivity index (χ2v) is 23.3. The lowest BCUT2D eigenvalue weighted by molar-refractivity contribution is 0.195. The summed E-state index contributed by atoms with van der Waals surface area (Å²) in [6.45, 7) is 21.4. The average Bonchev–Trinajstić information content (AvgIpc) is 3.56. The first kappa shape index (κ1) is 43.7. The standard InChI is InChI=1S/C65H66BN3/c1-43-38-59-61-60(39-43)68(55-35-29-48(63(5,6)7)41-51(55)45-22-14-11-15-23-45)57-25-17-16-24-53(57)66(61)54-33-32-50(42-58(54)67(59)49-30-27-47(28-31-49)62(2,3)4)69-56-34-26-46(44-20-12-10-13-21-44)40-52(56)64(8)36-18-19-37-65(64,69)9/h11-12,14-17,20-35,38-42H,10,13,18-19,36-37H2,1-9H3. The summed E-state index contributed by atoms with van der Waals surface area (Å²) in [6.07, 6.45) is 14.2. The predicted octanol–water partition coefficient (Wildman–Crippen LogP) is 15.8. The molecule has 0 spiro atoms. The van der Waals surface area contributed by atoms with E-state index in [1.54, 1.807) is 0 Å². The maximum absolute atomic E-state index is 2.78. The van der Waals surface area contributed by atoms with Gasteiger partial charge in [0.25, 0.3) is 6.71 Å². The Labute approximate surface area is 412 Å². The molecule has 0 saturated heterocycles. The Morgan fingerprint density at radius 1 is 0.522 bits per heavy atom. The van der Waals surface area contributed by atoms with Crippen molar-refractivity contribution in [2.75, 3.05) is 14.7 Å². The van der Waals surface area contributed by atoms with Gasteiger partial charge in [-0.25, -0.2) is 0 Å². The van der Waals surface area contributed by atoms with Crippen LogP contribution in [0.2, 0.25) is 0 Å². The Morgan fingerprint density at radius 2 is 1.19 bits per heavy atom. The van der Waals surface area contributed by atoms with E-state index in [1.165, 1.54) is 126 Å². The molecule has 1 saturated carbocycles. The van der Waals surface area contributed by atoms with Gasteiger partial charge in [-0.05, 0) is 172 Å². The summed E-state index contributed by atoms with van der Waals surface area (Å²) in [6, 6.07) is 56.8. The average molecular weight is 900 g/mol. The lowest BCUT2D eigenvalue weighted by atomic mass is 9.33. The van der Waals surface area contributed by atoms with Crippen LogP contribution in [-0.2, 0) is 16.2 Å². The molecule has 0 radical (unpaired) electrons. The SMILES string of the molecule is Cc1cc2c3c(c1)N(c1ccc(C(C)(C)C)cc1-c1ccccc1)c1ccccc1B3c1ccc(N3c4ccc(C5=CCCC=C5)cc4C4(C)CCCCC34C)cc1N2c1ccc(C(C)(C)C)cc1. The van der Waals surface area contributed by atoms with Crippen molar-refractivity contribution < 1.29 is 0 Å². The number of benzene rings is 7. The molecule has 5 aliphatic rings. The van der Waals surface area contributed by atoms with Gasteiger partial charge in [-0.2, -0.15) is 0 Å². The minimum atomic E-state index is -0.0797. The zero-order chi connectivity index (χ0) is 47.6. The first-order chi connectivity index (χ1) is 33.1. The largest absolute Gasteiger partial charge is 0.334 e. The molecule has 4 heteroatoms. The van der Waals surface area contributed by atoms with Crippen molar-refractivity contribution in [2.45, 2.75) is 123 Å². The molecule has 2 unspecified atom stereocenters. The van der Waals surface area contributed by atoms with Crippen molar-refractivity contribution in [1.29, 1.82) is 0 Å². The van der Waals surface area contributed by atoms with E-state index < -0.39 is 0 Å². The molecule has 12 rings (SSSR count). The van der Waals surface area contributed by atoms with Crippen LogP contribution in [-0.4, -0.2) is 12.3 Å². The molecule has 3 aliphatic heterocycles. The number of fused-ring (bicyclic) bond motifs is 7. The molecule has 0 N–H and O–H groups in total. The third-order valence-electron chi connectivity index (χ3n) is 17.0. The summed E-state index contributed by atoms with van der Waals surface area (Å²) in [7, 11) is 0. The molecular formula is C65H66BN3. The molecule has 7 aromatic carbocycles. The van der Waals surface area contributed by atoms with E-state index in [0.29, 0.717) is 0 Å². The first-order valence-corrected chi connectivity index (χ1v) is 25.7. The summed E-state index contributed by atoms with van der Waals surface area (Å²) >= 11 is 0. The van der Waals surface area contributed by atoms with Gasteiger partial charge in [-0.3, -0.25) is 0 Å². The number of para-hydroxylation sites is 1.